The number of carbonyl (C=O) groups excluding carboxylic acids is 1. The van der Waals surface area contributed by atoms with Crippen molar-refractivity contribution in [2.75, 3.05) is 11.9 Å². The van der Waals surface area contributed by atoms with Crippen molar-refractivity contribution >= 4 is 23.4 Å². The molecule has 5 nitrogen and oxygen atoms in total. The molecule has 2 rings (SSSR count). The van der Waals surface area contributed by atoms with Crippen molar-refractivity contribution in [1.29, 1.82) is 0 Å². The largest absolute Gasteiger partial charge is 0.359 e. The van der Waals surface area contributed by atoms with Gasteiger partial charge in [0.1, 0.15) is 11.3 Å². The van der Waals surface area contributed by atoms with Crippen LogP contribution < -0.4 is 4.90 Å². The van der Waals surface area contributed by atoms with Gasteiger partial charge in [0.05, 0.1) is 6.04 Å². The normalized spacial score (nSPS) is 23.6. The highest BCUT2D eigenvalue weighted by molar-refractivity contribution is 6.26. The number of aromatic nitrogens is 1. The molecule has 1 aliphatic heterocycles. The highest BCUT2D eigenvalue weighted by Crippen LogP contribution is 2.33. The molecule has 6 heteroatoms. The van der Waals surface area contributed by atoms with Crippen molar-refractivity contribution in [3.8, 4) is 0 Å². The van der Waals surface area contributed by atoms with E-state index < -0.39 is 5.50 Å². The minimum Gasteiger partial charge on any atom is -0.359 e. The predicted octanol–water partition coefficient (Wildman–Crippen LogP) is 3.35. The molecular weight excluding hydrogens is 278 g/mol. The third kappa shape index (κ3) is 2.42. The molecule has 0 aliphatic carbocycles. The van der Waals surface area contributed by atoms with Gasteiger partial charge < -0.3 is 9.42 Å². The highest BCUT2D eigenvalue weighted by atomic mass is 35.5. The Labute approximate surface area is 124 Å². The van der Waals surface area contributed by atoms with Gasteiger partial charge in [-0.15, -0.1) is 6.58 Å². The van der Waals surface area contributed by atoms with E-state index in [0.717, 1.165) is 5.76 Å². The van der Waals surface area contributed by atoms with Crippen LogP contribution in [0.1, 0.15) is 33.0 Å². The summed E-state index contributed by atoms with van der Waals surface area (Å²) in [6.07, 6.45) is 2.40. The van der Waals surface area contributed by atoms with E-state index in [0.29, 0.717) is 12.2 Å². The molecule has 0 saturated carbocycles. The van der Waals surface area contributed by atoms with Crippen LogP contribution in [0.25, 0.3) is 0 Å². The third-order valence-corrected chi connectivity index (χ3v) is 3.95. The number of alkyl halides is 1. The maximum absolute atomic E-state index is 12.3. The SMILES string of the molecule is C=CCC1C(Cl)N(c2cc(C(C)(C)C)on2)C(=O)N1C. The molecule has 2 unspecified atom stereocenters. The van der Waals surface area contributed by atoms with Crippen LogP contribution in [0.3, 0.4) is 0 Å². The fourth-order valence-corrected chi connectivity index (χ4v) is 2.63. The zero-order valence-electron chi connectivity index (χ0n) is 12.3. The van der Waals surface area contributed by atoms with Crippen LogP contribution >= 0.6 is 11.6 Å². The molecule has 1 aliphatic rings. The van der Waals surface area contributed by atoms with Crippen LogP contribution in [0.2, 0.25) is 0 Å². The fourth-order valence-electron chi connectivity index (χ4n) is 2.17. The van der Waals surface area contributed by atoms with Gasteiger partial charge in [-0.25, -0.2) is 4.79 Å². The highest BCUT2D eigenvalue weighted by Gasteiger charge is 2.44. The quantitative estimate of drug-likeness (QED) is 0.488. The van der Waals surface area contributed by atoms with E-state index in [1.54, 1.807) is 24.1 Å². The lowest BCUT2D eigenvalue weighted by Crippen LogP contribution is -2.32. The summed E-state index contributed by atoms with van der Waals surface area (Å²) < 4.78 is 5.33. The molecule has 0 aromatic carbocycles. The maximum atomic E-state index is 12.3. The maximum Gasteiger partial charge on any atom is 0.327 e. The Balaban J connectivity index is 2.30. The molecular formula is C14H20ClN3O2. The number of hydrogen-bond acceptors (Lipinski definition) is 3. The van der Waals surface area contributed by atoms with E-state index in [9.17, 15) is 4.79 Å². The number of rotatable bonds is 3. The second-order valence-electron chi connectivity index (χ2n) is 6.03. The predicted molar refractivity (Wildman–Crippen MR) is 79.1 cm³/mol. The van der Waals surface area contributed by atoms with Gasteiger partial charge in [-0.05, 0) is 6.42 Å². The first-order chi connectivity index (χ1) is 9.27. The van der Waals surface area contributed by atoms with E-state index in [2.05, 4.69) is 11.7 Å². The average Bonchev–Trinajstić information content (AvgIpc) is 2.90. The molecule has 0 bridgehead atoms. The summed E-state index contributed by atoms with van der Waals surface area (Å²) in [5.41, 5.74) is -0.647. The number of carbonyl (C=O) groups is 1. The van der Waals surface area contributed by atoms with Crippen LogP contribution in [-0.4, -0.2) is 34.7 Å². The second-order valence-corrected chi connectivity index (χ2v) is 6.47. The summed E-state index contributed by atoms with van der Waals surface area (Å²) in [5.74, 6) is 1.18. The lowest BCUT2D eigenvalue weighted by Gasteiger charge is -2.18. The van der Waals surface area contributed by atoms with Gasteiger partial charge in [0.15, 0.2) is 5.82 Å². The summed E-state index contributed by atoms with van der Waals surface area (Å²) in [6, 6.07) is 1.49. The molecule has 1 aromatic rings. The number of nitrogens with zero attached hydrogens (tertiary/aromatic N) is 3. The number of amides is 2. The van der Waals surface area contributed by atoms with E-state index in [4.69, 9.17) is 16.1 Å². The van der Waals surface area contributed by atoms with Crippen LogP contribution in [-0.2, 0) is 5.41 Å². The zero-order chi connectivity index (χ0) is 15.1. The smallest absolute Gasteiger partial charge is 0.327 e. The zero-order valence-corrected chi connectivity index (χ0v) is 13.0. The first-order valence-corrected chi connectivity index (χ1v) is 6.99. The van der Waals surface area contributed by atoms with Crippen LogP contribution in [0.15, 0.2) is 23.2 Å². The van der Waals surface area contributed by atoms with Crippen molar-refractivity contribution in [3.05, 3.63) is 24.5 Å². The summed E-state index contributed by atoms with van der Waals surface area (Å²) in [6.45, 7) is 9.77. The van der Waals surface area contributed by atoms with Gasteiger partial charge in [-0.3, -0.25) is 4.90 Å². The van der Waals surface area contributed by atoms with Gasteiger partial charge in [-0.1, -0.05) is 43.6 Å². The first-order valence-electron chi connectivity index (χ1n) is 6.55. The number of likely N-dealkylation sites (N-methyl/N-ethyl adjacent to an activating group) is 1. The number of halogens is 1. The van der Waals surface area contributed by atoms with Crippen molar-refractivity contribution in [2.24, 2.45) is 0 Å². The Hall–Kier alpha value is -1.49. The summed E-state index contributed by atoms with van der Waals surface area (Å²) in [5, 5.41) is 3.99. The Bertz CT molecular complexity index is 521. The Morgan fingerprint density at radius 1 is 1.55 bits per heavy atom. The van der Waals surface area contributed by atoms with Crippen molar-refractivity contribution in [3.63, 3.8) is 0 Å². The Morgan fingerprint density at radius 2 is 2.20 bits per heavy atom. The summed E-state index contributed by atoms with van der Waals surface area (Å²) in [7, 11) is 1.73. The van der Waals surface area contributed by atoms with E-state index in [1.807, 2.05) is 20.8 Å². The lowest BCUT2D eigenvalue weighted by atomic mass is 9.93. The summed E-state index contributed by atoms with van der Waals surface area (Å²) in [4.78, 5) is 15.4. The molecule has 0 radical (unpaired) electrons. The number of hydrogen-bond donors (Lipinski definition) is 0. The molecule has 0 N–H and O–H groups in total. The van der Waals surface area contributed by atoms with Gasteiger partial charge in [0, 0.05) is 18.5 Å². The summed E-state index contributed by atoms with van der Waals surface area (Å²) >= 11 is 6.40. The topological polar surface area (TPSA) is 49.6 Å². The third-order valence-electron chi connectivity index (χ3n) is 3.46. The molecule has 2 heterocycles. The first kappa shape index (κ1) is 14.9. The Morgan fingerprint density at radius 3 is 2.70 bits per heavy atom. The van der Waals surface area contributed by atoms with Crippen molar-refractivity contribution < 1.29 is 9.32 Å². The molecule has 20 heavy (non-hydrogen) atoms. The van der Waals surface area contributed by atoms with Gasteiger partial charge >= 0.3 is 6.03 Å². The standard InChI is InChI=1S/C14H20ClN3O2/c1-6-7-9-12(15)18(13(19)17(9)5)11-8-10(20-16-11)14(2,3)4/h6,8-9,12H,1,7H2,2-5H3. The number of urea groups is 1. The molecule has 1 aromatic heterocycles. The second kappa shape index (κ2) is 5.13. The molecule has 1 fully saturated rings. The van der Waals surface area contributed by atoms with Crippen molar-refractivity contribution in [1.82, 2.24) is 10.1 Å². The van der Waals surface area contributed by atoms with E-state index >= 15 is 0 Å². The van der Waals surface area contributed by atoms with E-state index in [-0.39, 0.29) is 17.5 Å². The number of anilines is 1. The molecule has 110 valence electrons. The van der Waals surface area contributed by atoms with Crippen molar-refractivity contribution in [2.45, 2.75) is 44.1 Å². The van der Waals surface area contributed by atoms with Crippen LogP contribution in [0, 0.1) is 0 Å². The lowest BCUT2D eigenvalue weighted by molar-refractivity contribution is 0.218. The molecule has 2 amide bonds. The Kier molecular flexibility index (Phi) is 3.82. The molecule has 2 atom stereocenters. The van der Waals surface area contributed by atoms with Crippen LogP contribution in [0.4, 0.5) is 10.6 Å². The molecule has 1 saturated heterocycles. The van der Waals surface area contributed by atoms with Gasteiger partial charge in [-0.2, -0.15) is 0 Å². The van der Waals surface area contributed by atoms with Crippen LogP contribution in [0.5, 0.6) is 0 Å². The minimum absolute atomic E-state index is 0.114. The average molecular weight is 298 g/mol. The monoisotopic (exact) mass is 297 g/mol. The van der Waals surface area contributed by atoms with Gasteiger partial charge in [0.25, 0.3) is 0 Å². The van der Waals surface area contributed by atoms with E-state index in [1.165, 1.54) is 4.90 Å². The fraction of sp³-hybridized carbons (Fsp3) is 0.571. The minimum atomic E-state index is -0.483. The molecule has 0 spiro atoms. The van der Waals surface area contributed by atoms with Gasteiger partial charge in [0.2, 0.25) is 0 Å².